The Morgan fingerprint density at radius 1 is 1.39 bits per heavy atom. The van der Waals surface area contributed by atoms with Crippen molar-refractivity contribution in [2.24, 2.45) is 5.92 Å². The molecule has 0 unspecified atom stereocenters. The van der Waals surface area contributed by atoms with Gasteiger partial charge >= 0.3 is 0 Å². The van der Waals surface area contributed by atoms with Crippen LogP contribution in [0.1, 0.15) is 6.42 Å². The Hall–Kier alpha value is -3.13. The number of aromatic amines is 1. The third-order valence-electron chi connectivity index (χ3n) is 4.69. The van der Waals surface area contributed by atoms with Crippen molar-refractivity contribution >= 4 is 45.8 Å². The van der Waals surface area contributed by atoms with Gasteiger partial charge in [-0.05, 0) is 30.3 Å². The van der Waals surface area contributed by atoms with E-state index in [0.717, 1.165) is 0 Å². The van der Waals surface area contributed by atoms with Crippen LogP contribution in [-0.4, -0.2) is 35.7 Å². The highest BCUT2D eigenvalue weighted by atomic mass is 35.5. The molecule has 0 radical (unpaired) electrons. The Labute approximate surface area is 164 Å². The molecule has 2 N–H and O–H groups in total. The smallest absolute Gasteiger partial charge is 0.229 e. The van der Waals surface area contributed by atoms with Gasteiger partial charge in [0.05, 0.1) is 29.0 Å². The van der Waals surface area contributed by atoms with Crippen molar-refractivity contribution in [2.75, 3.05) is 23.9 Å². The van der Waals surface area contributed by atoms with E-state index < -0.39 is 11.7 Å². The number of rotatable bonds is 4. The molecule has 1 aliphatic rings. The predicted octanol–water partition coefficient (Wildman–Crippen LogP) is 3.36. The molecule has 1 atom stereocenters. The number of benzene rings is 2. The van der Waals surface area contributed by atoms with Crippen LogP contribution >= 0.6 is 11.6 Å². The van der Waals surface area contributed by atoms with E-state index in [4.69, 9.17) is 16.3 Å². The van der Waals surface area contributed by atoms with E-state index in [-0.39, 0.29) is 36.0 Å². The summed E-state index contributed by atoms with van der Waals surface area (Å²) < 4.78 is 19.3. The number of amides is 2. The number of hydrogen-bond acceptors (Lipinski definition) is 4. The first-order valence-electron chi connectivity index (χ1n) is 8.55. The Balaban J connectivity index is 1.53. The van der Waals surface area contributed by atoms with Gasteiger partial charge in [-0.15, -0.1) is 0 Å². The number of anilines is 2. The number of nitrogens with one attached hydrogen (secondary N) is 2. The number of nitrogens with zero attached hydrogens (tertiary/aromatic N) is 2. The second-order valence-corrected chi connectivity index (χ2v) is 6.86. The summed E-state index contributed by atoms with van der Waals surface area (Å²) in [7, 11) is 1.50. The Morgan fingerprint density at radius 3 is 2.96 bits per heavy atom. The number of carbonyl (C=O) groups is 2. The molecule has 1 aromatic heterocycles. The predicted molar refractivity (Wildman–Crippen MR) is 103 cm³/mol. The van der Waals surface area contributed by atoms with Crippen LogP contribution < -0.4 is 15.0 Å². The fourth-order valence-corrected chi connectivity index (χ4v) is 3.54. The molecule has 0 spiro atoms. The van der Waals surface area contributed by atoms with Crippen molar-refractivity contribution in [2.45, 2.75) is 6.42 Å². The van der Waals surface area contributed by atoms with Crippen LogP contribution in [0.2, 0.25) is 5.02 Å². The fraction of sp³-hybridized carbons (Fsp3) is 0.211. The van der Waals surface area contributed by atoms with Crippen LogP contribution in [-0.2, 0) is 9.59 Å². The lowest BCUT2D eigenvalue weighted by atomic mass is 10.1. The molecule has 0 saturated carbocycles. The van der Waals surface area contributed by atoms with E-state index in [1.165, 1.54) is 18.1 Å². The number of carbonyl (C=O) groups excluding carboxylic acids is 2. The summed E-state index contributed by atoms with van der Waals surface area (Å²) in [5, 5.41) is 10.1. The maximum absolute atomic E-state index is 14.2. The van der Waals surface area contributed by atoms with Crippen LogP contribution in [0.5, 0.6) is 5.75 Å². The average Bonchev–Trinajstić information content (AvgIpc) is 3.26. The van der Waals surface area contributed by atoms with Crippen molar-refractivity contribution in [3.63, 3.8) is 0 Å². The molecule has 0 bridgehead atoms. The molecule has 1 saturated heterocycles. The molecular formula is C19H16ClFN4O3. The zero-order valence-electron chi connectivity index (χ0n) is 14.8. The van der Waals surface area contributed by atoms with Gasteiger partial charge in [0.1, 0.15) is 11.6 Å². The Bertz CT molecular complexity index is 1080. The van der Waals surface area contributed by atoms with Gasteiger partial charge in [0.25, 0.3) is 0 Å². The highest BCUT2D eigenvalue weighted by molar-refractivity contribution is 6.32. The largest absolute Gasteiger partial charge is 0.495 e. The summed E-state index contributed by atoms with van der Waals surface area (Å²) in [6.45, 7) is 0.114. The molecule has 1 fully saturated rings. The van der Waals surface area contributed by atoms with Gasteiger partial charge in [-0.25, -0.2) is 4.39 Å². The molecule has 3 aromatic rings. The lowest BCUT2D eigenvalue weighted by Crippen LogP contribution is -2.28. The zero-order chi connectivity index (χ0) is 19.8. The van der Waals surface area contributed by atoms with Gasteiger partial charge < -0.3 is 10.1 Å². The first-order chi connectivity index (χ1) is 13.5. The fourth-order valence-electron chi connectivity index (χ4n) is 3.29. The number of H-pyrrole nitrogens is 1. The molecular weight excluding hydrogens is 387 g/mol. The quantitative estimate of drug-likeness (QED) is 0.700. The van der Waals surface area contributed by atoms with Crippen LogP contribution in [0.4, 0.5) is 15.9 Å². The molecule has 1 aliphatic heterocycles. The molecule has 28 heavy (non-hydrogen) atoms. The number of fused-ring (bicyclic) bond motifs is 1. The molecule has 9 heteroatoms. The average molecular weight is 403 g/mol. The molecule has 2 amide bonds. The van der Waals surface area contributed by atoms with E-state index in [1.807, 2.05) is 0 Å². The van der Waals surface area contributed by atoms with E-state index >= 15 is 0 Å². The summed E-state index contributed by atoms with van der Waals surface area (Å²) in [5.41, 5.74) is 0.988. The third-order valence-corrected chi connectivity index (χ3v) is 4.99. The van der Waals surface area contributed by atoms with Crippen molar-refractivity contribution < 1.29 is 18.7 Å². The number of ether oxygens (including phenoxy) is 1. The SMILES string of the molecule is COc1ccc(NC(=O)[C@H]2CC(=O)N(c3n[nH]c4cccc(F)c34)C2)cc1Cl. The summed E-state index contributed by atoms with van der Waals surface area (Å²) in [5.74, 6) is -0.987. The van der Waals surface area contributed by atoms with Crippen molar-refractivity contribution in [1.82, 2.24) is 10.2 Å². The Morgan fingerprint density at radius 2 is 2.21 bits per heavy atom. The van der Waals surface area contributed by atoms with Gasteiger partial charge in [0.2, 0.25) is 11.8 Å². The van der Waals surface area contributed by atoms with Gasteiger partial charge in [-0.3, -0.25) is 19.6 Å². The monoisotopic (exact) mass is 402 g/mol. The number of halogens is 2. The molecule has 144 valence electrons. The van der Waals surface area contributed by atoms with Gasteiger partial charge in [-0.2, -0.15) is 5.10 Å². The molecule has 0 aliphatic carbocycles. The van der Waals surface area contributed by atoms with Crippen molar-refractivity contribution in [3.8, 4) is 5.75 Å². The van der Waals surface area contributed by atoms with Gasteiger partial charge in [0, 0.05) is 18.7 Å². The number of aromatic nitrogens is 2. The highest BCUT2D eigenvalue weighted by Gasteiger charge is 2.37. The number of hydrogen-bond donors (Lipinski definition) is 2. The minimum atomic E-state index is -0.591. The van der Waals surface area contributed by atoms with Crippen LogP contribution in [0.25, 0.3) is 10.9 Å². The van der Waals surface area contributed by atoms with E-state index in [1.54, 1.807) is 30.3 Å². The first kappa shape index (κ1) is 18.2. The summed E-state index contributed by atoms with van der Waals surface area (Å²) >= 11 is 6.07. The van der Waals surface area contributed by atoms with Crippen molar-refractivity contribution in [1.29, 1.82) is 0 Å². The lowest BCUT2D eigenvalue weighted by Gasteiger charge is -2.15. The molecule has 7 nitrogen and oxygen atoms in total. The maximum atomic E-state index is 14.2. The van der Waals surface area contributed by atoms with Crippen LogP contribution in [0.15, 0.2) is 36.4 Å². The summed E-state index contributed by atoms with van der Waals surface area (Å²) in [4.78, 5) is 26.4. The van der Waals surface area contributed by atoms with Gasteiger partial charge in [0.15, 0.2) is 5.82 Å². The topological polar surface area (TPSA) is 87.3 Å². The van der Waals surface area contributed by atoms with Crippen LogP contribution in [0, 0.1) is 11.7 Å². The van der Waals surface area contributed by atoms with Crippen molar-refractivity contribution in [3.05, 3.63) is 47.2 Å². The Kier molecular flexibility index (Phi) is 4.64. The minimum absolute atomic E-state index is 0.0124. The first-order valence-corrected chi connectivity index (χ1v) is 8.93. The van der Waals surface area contributed by atoms with E-state index in [0.29, 0.717) is 22.0 Å². The third kappa shape index (κ3) is 3.16. The highest BCUT2D eigenvalue weighted by Crippen LogP contribution is 2.32. The minimum Gasteiger partial charge on any atom is -0.495 e. The standard InChI is InChI=1S/C19H16ClFN4O3/c1-28-15-6-5-11(8-12(15)20)22-19(27)10-7-16(26)25(9-10)18-17-13(21)3-2-4-14(17)23-24-18/h2-6,8,10H,7,9H2,1H3,(H,22,27)(H,23,24)/t10-/m0/s1. The molecule has 4 rings (SSSR count). The zero-order valence-corrected chi connectivity index (χ0v) is 15.6. The van der Waals surface area contributed by atoms with E-state index in [2.05, 4.69) is 15.5 Å². The summed E-state index contributed by atoms with van der Waals surface area (Å²) in [6, 6.07) is 9.41. The normalized spacial score (nSPS) is 16.6. The second kappa shape index (κ2) is 7.12. The molecule has 2 heterocycles. The van der Waals surface area contributed by atoms with E-state index in [9.17, 15) is 14.0 Å². The lowest BCUT2D eigenvalue weighted by molar-refractivity contribution is -0.122. The van der Waals surface area contributed by atoms with Gasteiger partial charge in [-0.1, -0.05) is 17.7 Å². The maximum Gasteiger partial charge on any atom is 0.229 e. The summed E-state index contributed by atoms with van der Waals surface area (Å²) in [6.07, 6.45) is 0.0124. The second-order valence-electron chi connectivity index (χ2n) is 6.45. The number of methoxy groups -OCH3 is 1. The van der Waals surface area contributed by atoms with Crippen LogP contribution in [0.3, 0.4) is 0 Å². The molecule has 2 aromatic carbocycles.